The van der Waals surface area contributed by atoms with Gasteiger partial charge >= 0.3 is 0 Å². The zero-order valence-electron chi connectivity index (χ0n) is 20.4. The van der Waals surface area contributed by atoms with Crippen molar-refractivity contribution in [1.82, 2.24) is 4.57 Å². The molecule has 0 saturated heterocycles. The Kier molecular flexibility index (Phi) is 11.5. The fourth-order valence-corrected chi connectivity index (χ4v) is 5.90. The number of aromatic nitrogens is 1. The van der Waals surface area contributed by atoms with Crippen LogP contribution in [0.1, 0.15) is 102 Å². The fourth-order valence-electron chi connectivity index (χ4n) is 4.58. The van der Waals surface area contributed by atoms with E-state index < -0.39 is 0 Å². The van der Waals surface area contributed by atoms with Gasteiger partial charge in [-0.1, -0.05) is 108 Å². The summed E-state index contributed by atoms with van der Waals surface area (Å²) in [4.78, 5) is 0. The maximum atomic E-state index is 10.6. The van der Waals surface area contributed by atoms with E-state index in [-0.39, 0.29) is 0 Å². The summed E-state index contributed by atoms with van der Waals surface area (Å²) in [5.74, 6) is 0.388. The van der Waals surface area contributed by atoms with E-state index in [4.69, 9.17) is 12.2 Å². The lowest BCUT2D eigenvalue weighted by Crippen LogP contribution is -2.00. The predicted octanol–water partition coefficient (Wildman–Crippen LogP) is 9.82. The Morgan fingerprint density at radius 3 is 2.03 bits per heavy atom. The molecule has 1 aromatic heterocycles. The summed E-state index contributed by atoms with van der Waals surface area (Å²) in [6.07, 6.45) is 18.9. The van der Waals surface area contributed by atoms with Crippen LogP contribution >= 0.6 is 23.6 Å². The summed E-state index contributed by atoms with van der Waals surface area (Å²) in [5, 5.41) is 10.6. The quantitative estimate of drug-likeness (QED) is 0.162. The molecular weight excluding hydrogens is 442 g/mol. The first-order chi connectivity index (χ1) is 16.2. The molecule has 4 heteroatoms. The van der Waals surface area contributed by atoms with Gasteiger partial charge in [0.2, 0.25) is 0 Å². The van der Waals surface area contributed by atoms with Gasteiger partial charge in [0.1, 0.15) is 5.75 Å². The van der Waals surface area contributed by atoms with E-state index in [0.29, 0.717) is 12.3 Å². The highest BCUT2D eigenvalue weighted by molar-refractivity contribution is 7.73. The number of aromatic hydroxyl groups is 1. The molecule has 0 aliphatic carbocycles. The number of rotatable bonds is 16. The van der Waals surface area contributed by atoms with Gasteiger partial charge in [-0.15, -0.1) is 11.3 Å². The average Bonchev–Trinajstić information content (AvgIpc) is 3.13. The molecule has 33 heavy (non-hydrogen) atoms. The molecule has 2 nitrogen and oxygen atoms in total. The molecule has 0 unspecified atom stereocenters. The van der Waals surface area contributed by atoms with Gasteiger partial charge in [-0.2, -0.15) is 0 Å². The van der Waals surface area contributed by atoms with Gasteiger partial charge in [-0.05, 0) is 48.8 Å². The third-order valence-electron chi connectivity index (χ3n) is 6.62. The van der Waals surface area contributed by atoms with E-state index >= 15 is 0 Å². The zero-order chi connectivity index (χ0) is 23.3. The number of benzene rings is 2. The molecule has 1 N–H and O–H groups in total. The van der Waals surface area contributed by atoms with E-state index in [1.807, 2.05) is 18.2 Å². The second kappa shape index (κ2) is 14.6. The minimum atomic E-state index is 0.388. The smallest absolute Gasteiger partial charge is 0.162 e. The number of phenolic OH excluding ortho intramolecular Hbond substituents is 1. The number of para-hydroxylation sites is 1. The fraction of sp³-hybridized carbons (Fsp3) is 0.552. The van der Waals surface area contributed by atoms with Crippen LogP contribution in [-0.2, 0) is 13.0 Å². The number of hydrogen-bond donors (Lipinski definition) is 1. The number of thiazole rings is 1. The van der Waals surface area contributed by atoms with Crippen LogP contribution in [0.25, 0.3) is 10.2 Å². The highest BCUT2D eigenvalue weighted by Gasteiger charge is 2.09. The minimum Gasteiger partial charge on any atom is -0.508 e. The van der Waals surface area contributed by atoms with Crippen LogP contribution in [-0.4, -0.2) is 9.67 Å². The normalized spacial score (nSPS) is 11.4. The Labute approximate surface area is 209 Å². The van der Waals surface area contributed by atoms with Crippen molar-refractivity contribution in [2.75, 3.05) is 0 Å². The maximum Gasteiger partial charge on any atom is 0.162 e. The first-order valence-corrected chi connectivity index (χ1v) is 14.3. The van der Waals surface area contributed by atoms with E-state index in [1.165, 1.54) is 93.7 Å². The Bertz CT molecular complexity index is 1020. The number of phenols is 1. The average molecular weight is 484 g/mol. The molecule has 0 fully saturated rings. The second-order valence-electron chi connectivity index (χ2n) is 9.38. The summed E-state index contributed by atoms with van der Waals surface area (Å²) in [6, 6.07) is 14.5. The number of aryl methyl sites for hydroxylation is 1. The lowest BCUT2D eigenvalue weighted by atomic mass is 10.0. The first-order valence-electron chi connectivity index (χ1n) is 13.1. The first kappa shape index (κ1) is 26.0. The molecule has 0 amide bonds. The van der Waals surface area contributed by atoms with Gasteiger partial charge in [0.05, 0.1) is 16.8 Å². The van der Waals surface area contributed by atoms with Gasteiger partial charge in [-0.25, -0.2) is 0 Å². The summed E-state index contributed by atoms with van der Waals surface area (Å²) >= 11 is 7.19. The van der Waals surface area contributed by atoms with Crippen molar-refractivity contribution in [3.8, 4) is 5.75 Å². The zero-order valence-corrected chi connectivity index (χ0v) is 22.0. The summed E-state index contributed by atoms with van der Waals surface area (Å²) in [5.41, 5.74) is 3.31. The van der Waals surface area contributed by atoms with Crippen LogP contribution in [0.4, 0.5) is 0 Å². The monoisotopic (exact) mass is 483 g/mol. The topological polar surface area (TPSA) is 25.2 Å². The van der Waals surface area contributed by atoms with E-state index in [0.717, 1.165) is 21.5 Å². The third kappa shape index (κ3) is 8.57. The second-order valence-corrected chi connectivity index (χ2v) is 11.1. The predicted molar refractivity (Wildman–Crippen MR) is 147 cm³/mol. The Morgan fingerprint density at radius 1 is 0.788 bits per heavy atom. The van der Waals surface area contributed by atoms with Crippen molar-refractivity contribution < 1.29 is 5.11 Å². The number of nitrogens with zero attached hydrogens (tertiary/aromatic N) is 1. The van der Waals surface area contributed by atoms with Gasteiger partial charge in [0, 0.05) is 5.56 Å². The standard InChI is InChI=1S/C29H41NOS2/c1-2-3-4-5-6-7-8-9-10-11-12-13-14-17-24-20-21-25(27(31)22-24)23-30-26-18-15-16-19-28(26)33-29(30)32/h15-16,18-22,31H,2-14,17,23H2,1H3. The molecule has 0 atom stereocenters. The van der Waals surface area contributed by atoms with Crippen molar-refractivity contribution in [2.45, 2.75) is 103 Å². The molecule has 180 valence electrons. The molecule has 0 spiro atoms. The number of hydrogen-bond acceptors (Lipinski definition) is 3. The van der Waals surface area contributed by atoms with Crippen LogP contribution in [0.2, 0.25) is 0 Å². The molecule has 3 aromatic rings. The Balaban J connectivity index is 1.32. The molecular formula is C29H41NOS2. The lowest BCUT2D eigenvalue weighted by molar-refractivity contribution is 0.465. The van der Waals surface area contributed by atoms with Crippen LogP contribution < -0.4 is 0 Å². The van der Waals surface area contributed by atoms with Crippen molar-refractivity contribution in [3.63, 3.8) is 0 Å². The molecule has 0 bridgehead atoms. The summed E-state index contributed by atoms with van der Waals surface area (Å²) in [7, 11) is 0. The van der Waals surface area contributed by atoms with Crippen molar-refractivity contribution in [2.24, 2.45) is 0 Å². The van der Waals surface area contributed by atoms with Crippen LogP contribution in [0.5, 0.6) is 5.75 Å². The van der Waals surface area contributed by atoms with Gasteiger partial charge in [0.25, 0.3) is 0 Å². The lowest BCUT2D eigenvalue weighted by Gasteiger charge is -2.10. The van der Waals surface area contributed by atoms with Crippen LogP contribution in [0.15, 0.2) is 42.5 Å². The van der Waals surface area contributed by atoms with Crippen molar-refractivity contribution in [1.29, 1.82) is 0 Å². The van der Waals surface area contributed by atoms with Crippen LogP contribution in [0.3, 0.4) is 0 Å². The third-order valence-corrected chi connectivity index (χ3v) is 8.05. The molecule has 1 heterocycles. The molecule has 0 aliphatic rings. The van der Waals surface area contributed by atoms with Gasteiger partial charge < -0.3 is 9.67 Å². The van der Waals surface area contributed by atoms with Crippen LogP contribution in [0, 0.1) is 3.95 Å². The molecule has 0 aliphatic heterocycles. The van der Waals surface area contributed by atoms with Gasteiger partial charge in [0.15, 0.2) is 3.95 Å². The van der Waals surface area contributed by atoms with E-state index in [9.17, 15) is 5.11 Å². The SMILES string of the molecule is CCCCCCCCCCCCCCCc1ccc(Cn2c(=S)sc3ccccc32)c(O)c1. The van der Waals surface area contributed by atoms with Crippen molar-refractivity contribution >= 4 is 33.8 Å². The Morgan fingerprint density at radius 2 is 1.39 bits per heavy atom. The highest BCUT2D eigenvalue weighted by atomic mass is 32.1. The Hall–Kier alpha value is -1.65. The summed E-state index contributed by atoms with van der Waals surface area (Å²) < 4.78 is 4.17. The number of fused-ring (bicyclic) bond motifs is 1. The molecule has 0 saturated carbocycles. The minimum absolute atomic E-state index is 0.388. The molecule has 0 radical (unpaired) electrons. The van der Waals surface area contributed by atoms with Crippen molar-refractivity contribution in [3.05, 3.63) is 57.5 Å². The largest absolute Gasteiger partial charge is 0.508 e. The summed E-state index contributed by atoms with van der Waals surface area (Å²) in [6.45, 7) is 2.90. The maximum absolute atomic E-state index is 10.6. The molecule has 3 rings (SSSR count). The van der Waals surface area contributed by atoms with Gasteiger partial charge in [-0.3, -0.25) is 0 Å². The number of unbranched alkanes of at least 4 members (excludes halogenated alkanes) is 12. The van der Waals surface area contributed by atoms with E-state index in [1.54, 1.807) is 11.3 Å². The molecule has 2 aromatic carbocycles. The highest BCUT2D eigenvalue weighted by Crippen LogP contribution is 2.27. The van der Waals surface area contributed by atoms with E-state index in [2.05, 4.69) is 35.8 Å².